The number of rotatable bonds is 2. The molecule has 3 atom stereocenters. The molecule has 0 saturated carbocycles. The number of primary amides is 1. The van der Waals surface area contributed by atoms with Crippen LogP contribution in [-0.4, -0.2) is 21.7 Å². The van der Waals surface area contributed by atoms with E-state index in [9.17, 15) is 14.9 Å². The number of aromatic nitrogens is 2. The van der Waals surface area contributed by atoms with Gasteiger partial charge in [-0.1, -0.05) is 19.1 Å². The Morgan fingerprint density at radius 1 is 1.41 bits per heavy atom. The molecule has 2 aliphatic carbocycles. The van der Waals surface area contributed by atoms with Gasteiger partial charge in [0.05, 0.1) is 16.7 Å². The van der Waals surface area contributed by atoms with Gasteiger partial charge in [0.15, 0.2) is 5.78 Å². The number of nitrogens with two attached hydrogens (primary N) is 1. The van der Waals surface area contributed by atoms with Crippen molar-refractivity contribution in [1.29, 1.82) is 5.26 Å². The van der Waals surface area contributed by atoms with E-state index in [0.29, 0.717) is 5.56 Å². The maximum absolute atomic E-state index is 12.7. The number of Topliss-reactive ketones (excluding diaryl/α,β-unsaturated/α-hetero) is 1. The topological polar surface area (TPSA) is 110 Å². The minimum Gasteiger partial charge on any atom is -0.366 e. The molecule has 0 fully saturated rings. The lowest BCUT2D eigenvalue weighted by atomic mass is 9.54. The van der Waals surface area contributed by atoms with Crippen LogP contribution in [0.2, 0.25) is 0 Å². The second-order valence-corrected chi connectivity index (χ2v) is 7.18. The molecule has 2 aliphatic rings. The predicted octanol–water partition coefficient (Wildman–Crippen LogP) is 2.09. The van der Waals surface area contributed by atoms with E-state index in [2.05, 4.69) is 16.0 Å². The molecule has 0 spiro atoms. The summed E-state index contributed by atoms with van der Waals surface area (Å²) in [6.07, 6.45) is 6.56. The first kappa shape index (κ1) is 17.1. The summed E-state index contributed by atoms with van der Waals surface area (Å²) in [4.78, 5) is 33.1. The summed E-state index contributed by atoms with van der Waals surface area (Å²) >= 11 is 0. The third-order valence-corrected chi connectivity index (χ3v) is 5.89. The Balaban J connectivity index is 2.09. The van der Waals surface area contributed by atoms with Crippen LogP contribution in [0.4, 0.5) is 0 Å². The molecule has 1 heterocycles. The van der Waals surface area contributed by atoms with Crippen LogP contribution in [-0.2, 0) is 16.6 Å². The molecular formula is C21H18N4O2. The number of ketones is 1. The molecule has 6 heteroatoms. The van der Waals surface area contributed by atoms with Crippen LogP contribution < -0.4 is 5.73 Å². The van der Waals surface area contributed by atoms with Crippen LogP contribution in [0, 0.1) is 23.2 Å². The highest BCUT2D eigenvalue weighted by Crippen LogP contribution is 2.52. The Bertz CT molecular complexity index is 1040. The van der Waals surface area contributed by atoms with Gasteiger partial charge in [-0.2, -0.15) is 5.26 Å². The SMILES string of the molecule is C[C@@H]1C(=O)C(C#N)=CC2(c3cccc(C(N)=O)c3)c3ncncc3CC[C@@H]12. The number of fused-ring (bicyclic) bond motifs is 3. The molecule has 2 aromatic rings. The van der Waals surface area contributed by atoms with Crippen molar-refractivity contribution in [3.63, 3.8) is 0 Å². The van der Waals surface area contributed by atoms with Gasteiger partial charge >= 0.3 is 0 Å². The molecule has 0 saturated heterocycles. The second-order valence-electron chi connectivity index (χ2n) is 7.18. The number of hydrogen-bond donors (Lipinski definition) is 1. The molecule has 0 aliphatic heterocycles. The van der Waals surface area contributed by atoms with E-state index in [1.165, 1.54) is 6.33 Å². The van der Waals surface area contributed by atoms with Crippen molar-refractivity contribution in [3.05, 3.63) is 70.8 Å². The molecule has 2 N–H and O–H groups in total. The van der Waals surface area contributed by atoms with Gasteiger partial charge in [-0.25, -0.2) is 9.97 Å². The first-order valence-electron chi connectivity index (χ1n) is 8.86. The van der Waals surface area contributed by atoms with Crippen molar-refractivity contribution in [2.45, 2.75) is 25.2 Å². The van der Waals surface area contributed by atoms with Crippen molar-refractivity contribution in [2.24, 2.45) is 17.6 Å². The van der Waals surface area contributed by atoms with Gasteiger partial charge in [0.2, 0.25) is 5.91 Å². The number of nitrogens with zero attached hydrogens (tertiary/aromatic N) is 3. The fourth-order valence-corrected chi connectivity index (χ4v) is 4.63. The molecule has 6 nitrogen and oxygen atoms in total. The van der Waals surface area contributed by atoms with Gasteiger partial charge in [0.1, 0.15) is 12.4 Å². The molecule has 1 amide bonds. The predicted molar refractivity (Wildman–Crippen MR) is 97.4 cm³/mol. The zero-order chi connectivity index (χ0) is 19.2. The molecule has 1 aromatic heterocycles. The average molecular weight is 358 g/mol. The Hall–Kier alpha value is -3.33. The molecule has 134 valence electrons. The number of nitriles is 1. The first-order chi connectivity index (χ1) is 13.0. The van der Waals surface area contributed by atoms with E-state index in [4.69, 9.17) is 5.73 Å². The van der Waals surface area contributed by atoms with Crippen LogP contribution in [0.15, 0.2) is 48.4 Å². The maximum atomic E-state index is 12.7. The molecule has 27 heavy (non-hydrogen) atoms. The van der Waals surface area contributed by atoms with Crippen molar-refractivity contribution in [2.75, 3.05) is 0 Å². The van der Waals surface area contributed by atoms with Crippen molar-refractivity contribution in [3.8, 4) is 6.07 Å². The normalized spacial score (nSPS) is 26.4. The van der Waals surface area contributed by atoms with Crippen LogP contribution >= 0.6 is 0 Å². The summed E-state index contributed by atoms with van der Waals surface area (Å²) in [5.74, 6) is -1.05. The van der Waals surface area contributed by atoms with E-state index in [1.54, 1.807) is 30.5 Å². The van der Waals surface area contributed by atoms with Gasteiger partial charge in [0, 0.05) is 17.7 Å². The van der Waals surface area contributed by atoms with Gasteiger partial charge in [-0.3, -0.25) is 9.59 Å². The quantitative estimate of drug-likeness (QED) is 0.884. The third kappa shape index (κ3) is 2.39. The number of aryl methyl sites for hydroxylation is 1. The monoisotopic (exact) mass is 358 g/mol. The largest absolute Gasteiger partial charge is 0.366 e. The molecule has 4 rings (SSSR count). The standard InChI is InChI=1S/C21H18N4O2/c1-12-17-6-5-14-10-24-11-25-19(14)21(17,8-15(9-22)18(12)26)16-4-2-3-13(7-16)20(23)27/h2-4,7-8,10-12,17H,5-6H2,1H3,(H2,23,27)/t12-,17-,21?/m0/s1. The lowest BCUT2D eigenvalue weighted by Gasteiger charge is -2.47. The Morgan fingerprint density at radius 2 is 2.22 bits per heavy atom. The Kier molecular flexibility index (Phi) is 3.88. The zero-order valence-corrected chi connectivity index (χ0v) is 14.8. The van der Waals surface area contributed by atoms with Crippen LogP contribution in [0.3, 0.4) is 0 Å². The molecular weight excluding hydrogens is 340 g/mol. The number of hydrogen-bond acceptors (Lipinski definition) is 5. The highest BCUT2D eigenvalue weighted by molar-refractivity contribution is 6.02. The van der Waals surface area contributed by atoms with Gasteiger partial charge < -0.3 is 5.73 Å². The van der Waals surface area contributed by atoms with Gasteiger partial charge in [-0.15, -0.1) is 0 Å². The molecule has 0 radical (unpaired) electrons. The smallest absolute Gasteiger partial charge is 0.248 e. The van der Waals surface area contributed by atoms with Crippen LogP contribution in [0.5, 0.6) is 0 Å². The molecule has 1 aromatic carbocycles. The van der Waals surface area contributed by atoms with Crippen molar-refractivity contribution in [1.82, 2.24) is 9.97 Å². The fraction of sp³-hybridized carbons (Fsp3) is 0.286. The highest BCUT2D eigenvalue weighted by atomic mass is 16.1. The summed E-state index contributed by atoms with van der Waals surface area (Å²) < 4.78 is 0. The first-order valence-corrected chi connectivity index (χ1v) is 8.86. The Morgan fingerprint density at radius 3 is 2.96 bits per heavy atom. The van der Waals surface area contributed by atoms with Gasteiger partial charge in [0.25, 0.3) is 0 Å². The fourth-order valence-electron chi connectivity index (χ4n) is 4.63. The summed E-state index contributed by atoms with van der Waals surface area (Å²) in [5, 5.41) is 9.58. The third-order valence-electron chi connectivity index (χ3n) is 5.89. The van der Waals surface area contributed by atoms with E-state index >= 15 is 0 Å². The Labute approximate surface area is 156 Å². The number of carbonyl (C=O) groups is 2. The summed E-state index contributed by atoms with van der Waals surface area (Å²) in [7, 11) is 0. The number of benzene rings is 1. The lowest BCUT2D eigenvalue weighted by Crippen LogP contribution is -2.48. The van der Waals surface area contributed by atoms with Crippen LogP contribution in [0.1, 0.15) is 40.5 Å². The number of amides is 1. The van der Waals surface area contributed by atoms with E-state index in [-0.39, 0.29) is 23.2 Å². The van der Waals surface area contributed by atoms with E-state index < -0.39 is 11.3 Å². The van der Waals surface area contributed by atoms with E-state index in [1.807, 2.05) is 13.0 Å². The minimum atomic E-state index is -0.764. The number of carbonyl (C=O) groups excluding carboxylic acids is 2. The maximum Gasteiger partial charge on any atom is 0.248 e. The number of allylic oxidation sites excluding steroid dienone is 2. The highest BCUT2D eigenvalue weighted by Gasteiger charge is 2.52. The van der Waals surface area contributed by atoms with Gasteiger partial charge in [-0.05, 0) is 48.1 Å². The summed E-state index contributed by atoms with van der Waals surface area (Å²) in [6, 6.07) is 9.15. The summed E-state index contributed by atoms with van der Waals surface area (Å²) in [6.45, 7) is 1.87. The second kappa shape index (κ2) is 6.13. The average Bonchev–Trinajstić information content (AvgIpc) is 2.70. The zero-order valence-electron chi connectivity index (χ0n) is 14.8. The lowest BCUT2D eigenvalue weighted by molar-refractivity contribution is -0.121. The van der Waals surface area contributed by atoms with Crippen molar-refractivity contribution < 1.29 is 9.59 Å². The van der Waals surface area contributed by atoms with E-state index in [0.717, 1.165) is 29.7 Å². The molecule has 0 bridgehead atoms. The minimum absolute atomic E-state index is 0.0624. The molecule has 1 unspecified atom stereocenters. The summed E-state index contributed by atoms with van der Waals surface area (Å²) in [5.41, 5.74) is 7.85. The van der Waals surface area contributed by atoms with Crippen LogP contribution in [0.25, 0.3) is 0 Å². The van der Waals surface area contributed by atoms with Crippen molar-refractivity contribution >= 4 is 11.7 Å².